The van der Waals surface area contributed by atoms with Crippen molar-refractivity contribution in [1.82, 2.24) is 0 Å². The Hall–Kier alpha value is -6.70. The van der Waals surface area contributed by atoms with Gasteiger partial charge in [0.1, 0.15) is 0 Å². The van der Waals surface area contributed by atoms with Gasteiger partial charge in [-0.2, -0.15) is 0 Å². The lowest BCUT2D eigenvalue weighted by atomic mass is 9.76. The number of nitrogens with zero attached hydrogens (tertiary/aromatic N) is 1. The average Bonchev–Trinajstić information content (AvgIpc) is 3.21. The normalized spacial score (nSPS) is 11.5. The fourth-order valence-electron chi connectivity index (χ4n) is 7.78. The zero-order valence-electron chi connectivity index (χ0n) is 28.0. The molecule has 0 fully saturated rings. The Balaban J connectivity index is 1.13. The summed E-state index contributed by atoms with van der Waals surface area (Å²) < 4.78 is 0. The molecule has 0 saturated heterocycles. The highest BCUT2D eigenvalue weighted by Gasteiger charge is 2.31. The van der Waals surface area contributed by atoms with Crippen LogP contribution < -0.4 is 4.90 Å². The molecule has 51 heavy (non-hydrogen) atoms. The third-order valence-corrected chi connectivity index (χ3v) is 10.4. The largest absolute Gasteiger partial charge is 0.309 e. The van der Waals surface area contributed by atoms with Crippen LogP contribution in [0.15, 0.2) is 200 Å². The molecular formula is C50H33N. The van der Waals surface area contributed by atoms with Crippen LogP contribution in [0, 0.1) is 0 Å². The smallest absolute Gasteiger partial charge is 0.0624 e. The standard InChI is InChI=1S/C50H33N/c1-3-11-34(12-4-1)36-19-21-37(22-20-36)39-25-29-44(30-26-39)51(43-27-23-38(24-28-43)35-13-5-2-6-14-35)50-45-18-10-9-17-42(45)33-48-46-31-40-15-7-8-16-41(40)32-47(46)49(48)50/h1-33H. The maximum absolute atomic E-state index is 2.47. The molecule has 0 unspecified atom stereocenters. The summed E-state index contributed by atoms with van der Waals surface area (Å²) in [6.45, 7) is 0. The van der Waals surface area contributed by atoms with Gasteiger partial charge in [0.15, 0.2) is 0 Å². The Morgan fingerprint density at radius 2 is 0.647 bits per heavy atom. The lowest BCUT2D eigenvalue weighted by molar-refractivity contribution is 1.29. The second kappa shape index (κ2) is 12.0. The van der Waals surface area contributed by atoms with Gasteiger partial charge in [-0.3, -0.25) is 0 Å². The van der Waals surface area contributed by atoms with Crippen LogP contribution in [0.25, 0.3) is 77.2 Å². The number of benzene rings is 9. The molecule has 0 aromatic heterocycles. The molecule has 1 heteroatoms. The predicted molar refractivity (Wildman–Crippen MR) is 217 cm³/mol. The van der Waals surface area contributed by atoms with E-state index in [1.54, 1.807) is 0 Å². The monoisotopic (exact) mass is 647 g/mol. The minimum absolute atomic E-state index is 1.12. The van der Waals surface area contributed by atoms with Crippen molar-refractivity contribution in [2.45, 2.75) is 0 Å². The van der Waals surface area contributed by atoms with Crippen molar-refractivity contribution in [3.63, 3.8) is 0 Å². The van der Waals surface area contributed by atoms with Gasteiger partial charge >= 0.3 is 0 Å². The zero-order valence-corrected chi connectivity index (χ0v) is 28.0. The van der Waals surface area contributed by atoms with Gasteiger partial charge in [0.25, 0.3) is 0 Å². The number of fused-ring (bicyclic) bond motifs is 6. The fourth-order valence-corrected chi connectivity index (χ4v) is 7.78. The van der Waals surface area contributed by atoms with E-state index in [2.05, 4.69) is 205 Å². The lowest BCUT2D eigenvalue weighted by Gasteiger charge is -2.35. The SMILES string of the molecule is c1ccc(-c2ccc(-c3ccc(N(c4ccc(-c5ccccc5)cc4)c4c5c(cc6ccccc46)-c4cc6ccccc6cc4-5)cc3)cc2)cc1. The fraction of sp³-hybridized carbons (Fsp3) is 0. The highest BCUT2D eigenvalue weighted by molar-refractivity contribution is 6.20. The van der Waals surface area contributed by atoms with Crippen LogP contribution in [-0.4, -0.2) is 0 Å². The van der Waals surface area contributed by atoms with Crippen molar-refractivity contribution in [3.8, 4) is 55.6 Å². The highest BCUT2D eigenvalue weighted by atomic mass is 15.1. The summed E-state index contributed by atoms with van der Waals surface area (Å²) in [4.78, 5) is 2.47. The average molecular weight is 648 g/mol. The molecule has 238 valence electrons. The summed E-state index contributed by atoms with van der Waals surface area (Å²) in [7, 11) is 0. The molecule has 0 aliphatic heterocycles. The van der Waals surface area contributed by atoms with Crippen molar-refractivity contribution in [2.75, 3.05) is 4.90 Å². The molecule has 1 nitrogen and oxygen atoms in total. The number of hydrogen-bond donors (Lipinski definition) is 0. The van der Waals surface area contributed by atoms with Crippen molar-refractivity contribution in [3.05, 3.63) is 200 Å². The Morgan fingerprint density at radius 1 is 0.275 bits per heavy atom. The Bertz CT molecular complexity index is 2690. The summed E-state index contributed by atoms with van der Waals surface area (Å²) in [6.07, 6.45) is 0. The van der Waals surface area contributed by atoms with Gasteiger partial charge in [-0.1, -0.05) is 158 Å². The molecule has 0 amide bonds. The van der Waals surface area contributed by atoms with E-state index >= 15 is 0 Å². The zero-order chi connectivity index (χ0) is 33.7. The van der Waals surface area contributed by atoms with E-state index in [1.807, 2.05) is 0 Å². The van der Waals surface area contributed by atoms with E-state index < -0.39 is 0 Å². The van der Waals surface area contributed by atoms with Crippen molar-refractivity contribution in [1.29, 1.82) is 0 Å². The third kappa shape index (κ3) is 5.02. The van der Waals surface area contributed by atoms with Crippen LogP contribution in [0.4, 0.5) is 17.1 Å². The number of hydrogen-bond acceptors (Lipinski definition) is 1. The second-order valence-electron chi connectivity index (χ2n) is 13.4. The van der Waals surface area contributed by atoms with Crippen LogP contribution in [0.5, 0.6) is 0 Å². The van der Waals surface area contributed by atoms with Gasteiger partial charge in [-0.25, -0.2) is 0 Å². The van der Waals surface area contributed by atoms with E-state index in [-0.39, 0.29) is 0 Å². The number of anilines is 3. The molecule has 0 N–H and O–H groups in total. The van der Waals surface area contributed by atoms with Crippen LogP contribution in [0.1, 0.15) is 0 Å². The molecule has 0 bridgehead atoms. The van der Waals surface area contributed by atoms with Crippen LogP contribution in [0.2, 0.25) is 0 Å². The molecule has 9 aromatic carbocycles. The molecule has 0 spiro atoms. The summed E-state index contributed by atoms with van der Waals surface area (Å²) in [5, 5.41) is 5.02. The van der Waals surface area contributed by atoms with Crippen LogP contribution >= 0.6 is 0 Å². The predicted octanol–water partition coefficient (Wildman–Crippen LogP) is 14.1. The topological polar surface area (TPSA) is 3.24 Å². The van der Waals surface area contributed by atoms with E-state index in [0.29, 0.717) is 0 Å². The maximum atomic E-state index is 2.47. The minimum Gasteiger partial charge on any atom is -0.309 e. The van der Waals surface area contributed by atoms with Gasteiger partial charge in [-0.15, -0.1) is 0 Å². The van der Waals surface area contributed by atoms with Crippen molar-refractivity contribution < 1.29 is 0 Å². The first kappa shape index (κ1) is 29.2. The van der Waals surface area contributed by atoms with Gasteiger partial charge in [0, 0.05) is 22.3 Å². The Kier molecular flexibility index (Phi) is 6.89. The van der Waals surface area contributed by atoms with E-state index in [0.717, 1.165) is 11.4 Å². The molecule has 0 atom stereocenters. The second-order valence-corrected chi connectivity index (χ2v) is 13.4. The van der Waals surface area contributed by atoms with Crippen LogP contribution in [0.3, 0.4) is 0 Å². The first-order valence-corrected chi connectivity index (χ1v) is 17.6. The third-order valence-electron chi connectivity index (χ3n) is 10.4. The molecule has 1 aliphatic rings. The maximum Gasteiger partial charge on any atom is 0.0624 e. The summed E-state index contributed by atoms with van der Waals surface area (Å²) in [6, 6.07) is 72.8. The molecule has 1 aliphatic carbocycles. The molecule has 10 rings (SSSR count). The molecular weight excluding hydrogens is 615 g/mol. The van der Waals surface area contributed by atoms with Gasteiger partial charge < -0.3 is 4.90 Å². The summed E-state index contributed by atoms with van der Waals surface area (Å²) in [5.41, 5.74) is 16.0. The highest BCUT2D eigenvalue weighted by Crippen LogP contribution is 2.58. The van der Waals surface area contributed by atoms with Gasteiger partial charge in [0.05, 0.1) is 5.69 Å². The minimum atomic E-state index is 1.12. The van der Waals surface area contributed by atoms with E-state index in [9.17, 15) is 0 Å². The van der Waals surface area contributed by atoms with Gasteiger partial charge in [-0.05, 0) is 109 Å². The van der Waals surface area contributed by atoms with Crippen molar-refractivity contribution >= 4 is 38.6 Å². The van der Waals surface area contributed by atoms with Crippen LogP contribution in [-0.2, 0) is 0 Å². The summed E-state index contributed by atoms with van der Waals surface area (Å²) in [5.74, 6) is 0. The molecule has 0 heterocycles. The molecule has 0 radical (unpaired) electrons. The summed E-state index contributed by atoms with van der Waals surface area (Å²) >= 11 is 0. The first-order valence-electron chi connectivity index (χ1n) is 17.6. The Labute approximate surface area is 298 Å². The first-order chi connectivity index (χ1) is 25.3. The Morgan fingerprint density at radius 3 is 1.16 bits per heavy atom. The molecule has 9 aromatic rings. The lowest BCUT2D eigenvalue weighted by Crippen LogP contribution is -2.15. The quantitative estimate of drug-likeness (QED) is 0.174. The number of rotatable bonds is 6. The van der Waals surface area contributed by atoms with Gasteiger partial charge in [0.2, 0.25) is 0 Å². The molecule has 0 saturated carbocycles. The van der Waals surface area contributed by atoms with Crippen molar-refractivity contribution in [2.24, 2.45) is 0 Å². The van der Waals surface area contributed by atoms with E-state index in [4.69, 9.17) is 0 Å². The van der Waals surface area contributed by atoms with E-state index in [1.165, 1.54) is 82.9 Å².